The van der Waals surface area contributed by atoms with E-state index in [2.05, 4.69) is 9.72 Å². The van der Waals surface area contributed by atoms with Crippen molar-refractivity contribution in [1.29, 1.82) is 0 Å². The Balaban J connectivity index is 2.89. The van der Waals surface area contributed by atoms with E-state index in [0.717, 1.165) is 0 Å². The van der Waals surface area contributed by atoms with Crippen molar-refractivity contribution in [2.45, 2.75) is 6.61 Å². The number of rotatable bonds is 3. The highest BCUT2D eigenvalue weighted by Gasteiger charge is 2.08. The van der Waals surface area contributed by atoms with Crippen LogP contribution in [0.25, 0.3) is 0 Å². The molecule has 0 aliphatic heterocycles. The summed E-state index contributed by atoms with van der Waals surface area (Å²) in [6, 6.07) is 2.66. The summed E-state index contributed by atoms with van der Waals surface area (Å²) in [5.74, 6) is -0.206. The lowest BCUT2D eigenvalue weighted by Gasteiger charge is -2.04. The summed E-state index contributed by atoms with van der Waals surface area (Å²) in [4.78, 5) is 13.7. The third-order valence-electron chi connectivity index (χ3n) is 1.13. The molecule has 1 heterocycles. The van der Waals surface area contributed by atoms with Crippen LogP contribution in [-0.2, 0) is 0 Å². The SMILES string of the molecule is O=Cc1ncccc1OC(F)F. The molecule has 64 valence electrons. The number of aldehydes is 1. The lowest BCUT2D eigenvalue weighted by atomic mass is 10.3. The Bertz CT molecular complexity index is 278. The molecule has 0 spiro atoms. The number of hydrogen-bond acceptors (Lipinski definition) is 3. The van der Waals surface area contributed by atoms with E-state index in [1.807, 2.05) is 0 Å². The van der Waals surface area contributed by atoms with E-state index in [0.29, 0.717) is 6.29 Å². The highest BCUT2D eigenvalue weighted by molar-refractivity contribution is 5.75. The van der Waals surface area contributed by atoms with Crippen molar-refractivity contribution in [3.63, 3.8) is 0 Å². The van der Waals surface area contributed by atoms with E-state index in [1.165, 1.54) is 18.3 Å². The van der Waals surface area contributed by atoms with Gasteiger partial charge in [0.1, 0.15) is 5.69 Å². The van der Waals surface area contributed by atoms with Crippen LogP contribution in [0.2, 0.25) is 0 Å². The maximum Gasteiger partial charge on any atom is 0.387 e. The predicted molar refractivity (Wildman–Crippen MR) is 36.3 cm³/mol. The number of pyridine rings is 1. The van der Waals surface area contributed by atoms with Crippen LogP contribution in [0.3, 0.4) is 0 Å². The first-order valence-corrected chi connectivity index (χ1v) is 3.09. The molecule has 3 nitrogen and oxygen atoms in total. The molecular formula is C7H5F2NO2. The predicted octanol–water partition coefficient (Wildman–Crippen LogP) is 1.50. The average Bonchev–Trinajstić information content (AvgIpc) is 2.04. The standard InChI is InChI=1S/C7H5F2NO2/c8-7(9)12-6-2-1-3-10-5(6)4-11/h1-4,7H. The van der Waals surface area contributed by atoms with E-state index < -0.39 is 6.61 Å². The third kappa shape index (κ3) is 1.98. The van der Waals surface area contributed by atoms with Gasteiger partial charge >= 0.3 is 6.61 Å². The Hall–Kier alpha value is -1.52. The number of nitrogens with zero attached hydrogens (tertiary/aromatic N) is 1. The zero-order valence-electron chi connectivity index (χ0n) is 5.91. The van der Waals surface area contributed by atoms with Gasteiger partial charge in [-0.15, -0.1) is 0 Å². The highest BCUT2D eigenvalue weighted by atomic mass is 19.3. The van der Waals surface area contributed by atoms with Crippen molar-refractivity contribution in [2.24, 2.45) is 0 Å². The first-order valence-electron chi connectivity index (χ1n) is 3.09. The summed E-state index contributed by atoms with van der Waals surface area (Å²) in [5.41, 5.74) is -0.127. The molecule has 0 aliphatic carbocycles. The Labute approximate surface area is 67.0 Å². The van der Waals surface area contributed by atoms with Crippen molar-refractivity contribution >= 4 is 6.29 Å². The maximum absolute atomic E-state index is 11.7. The number of carbonyl (C=O) groups excluding carboxylic acids is 1. The molecule has 0 unspecified atom stereocenters. The van der Waals surface area contributed by atoms with Gasteiger partial charge in [0.05, 0.1) is 0 Å². The normalized spacial score (nSPS) is 9.92. The Morgan fingerprint density at radius 1 is 1.58 bits per heavy atom. The molecule has 0 aromatic carbocycles. The fourth-order valence-corrected chi connectivity index (χ4v) is 0.687. The van der Waals surface area contributed by atoms with Crippen LogP contribution >= 0.6 is 0 Å². The van der Waals surface area contributed by atoms with Gasteiger partial charge in [-0.3, -0.25) is 4.79 Å². The molecule has 1 rings (SSSR count). The van der Waals surface area contributed by atoms with E-state index in [-0.39, 0.29) is 11.4 Å². The van der Waals surface area contributed by atoms with Crippen molar-refractivity contribution in [1.82, 2.24) is 4.98 Å². The molecule has 0 aliphatic rings. The van der Waals surface area contributed by atoms with Crippen LogP contribution in [0, 0.1) is 0 Å². The second-order valence-electron chi connectivity index (χ2n) is 1.88. The summed E-state index contributed by atoms with van der Waals surface area (Å²) in [6.45, 7) is -2.94. The van der Waals surface area contributed by atoms with E-state index >= 15 is 0 Å². The van der Waals surface area contributed by atoms with Gasteiger partial charge in [0.15, 0.2) is 12.0 Å². The van der Waals surface area contributed by atoms with Gasteiger partial charge in [-0.05, 0) is 12.1 Å². The summed E-state index contributed by atoms with van der Waals surface area (Å²) in [7, 11) is 0. The van der Waals surface area contributed by atoms with Gasteiger partial charge in [0.25, 0.3) is 0 Å². The molecular weight excluding hydrogens is 168 g/mol. The lowest BCUT2D eigenvalue weighted by molar-refractivity contribution is -0.0503. The Morgan fingerprint density at radius 2 is 2.33 bits per heavy atom. The van der Waals surface area contributed by atoms with Gasteiger partial charge in [-0.25, -0.2) is 4.98 Å². The Morgan fingerprint density at radius 3 is 2.92 bits per heavy atom. The van der Waals surface area contributed by atoms with Gasteiger partial charge in [0.2, 0.25) is 0 Å². The fourth-order valence-electron chi connectivity index (χ4n) is 0.687. The average molecular weight is 173 g/mol. The zero-order valence-corrected chi connectivity index (χ0v) is 5.91. The van der Waals surface area contributed by atoms with Crippen LogP contribution < -0.4 is 4.74 Å². The quantitative estimate of drug-likeness (QED) is 0.650. The van der Waals surface area contributed by atoms with Crippen LogP contribution in [-0.4, -0.2) is 17.9 Å². The number of aromatic nitrogens is 1. The van der Waals surface area contributed by atoms with Gasteiger partial charge in [-0.1, -0.05) is 0 Å². The maximum atomic E-state index is 11.7. The number of hydrogen-bond donors (Lipinski definition) is 0. The molecule has 0 N–H and O–H groups in total. The molecule has 0 saturated carbocycles. The topological polar surface area (TPSA) is 39.2 Å². The lowest BCUT2D eigenvalue weighted by Crippen LogP contribution is -2.04. The minimum absolute atomic E-state index is 0.127. The van der Waals surface area contributed by atoms with Crippen molar-refractivity contribution in [2.75, 3.05) is 0 Å². The summed E-state index contributed by atoms with van der Waals surface area (Å²) in [5, 5.41) is 0. The van der Waals surface area contributed by atoms with Crippen LogP contribution in [0.5, 0.6) is 5.75 Å². The van der Waals surface area contributed by atoms with Gasteiger partial charge < -0.3 is 4.74 Å². The van der Waals surface area contributed by atoms with E-state index in [1.54, 1.807) is 0 Å². The number of carbonyl (C=O) groups is 1. The summed E-state index contributed by atoms with van der Waals surface area (Å²) in [6.07, 6.45) is 1.68. The Kier molecular flexibility index (Phi) is 2.68. The number of halogens is 2. The van der Waals surface area contributed by atoms with E-state index in [4.69, 9.17) is 0 Å². The summed E-state index contributed by atoms with van der Waals surface area (Å²) >= 11 is 0. The molecule has 0 bridgehead atoms. The molecule has 0 atom stereocenters. The molecule has 12 heavy (non-hydrogen) atoms. The molecule has 0 fully saturated rings. The summed E-state index contributed by atoms with van der Waals surface area (Å²) < 4.78 is 27.4. The first-order chi connectivity index (χ1) is 5.74. The first kappa shape index (κ1) is 8.58. The second-order valence-corrected chi connectivity index (χ2v) is 1.88. The monoisotopic (exact) mass is 173 g/mol. The third-order valence-corrected chi connectivity index (χ3v) is 1.13. The van der Waals surface area contributed by atoms with Crippen molar-refractivity contribution in [3.05, 3.63) is 24.0 Å². The largest absolute Gasteiger partial charge is 0.432 e. The second kappa shape index (κ2) is 3.75. The molecule has 1 aromatic heterocycles. The number of ether oxygens (including phenoxy) is 1. The number of alkyl halides is 2. The van der Waals surface area contributed by atoms with Crippen LogP contribution in [0.1, 0.15) is 10.5 Å². The minimum atomic E-state index is -2.94. The van der Waals surface area contributed by atoms with Crippen molar-refractivity contribution < 1.29 is 18.3 Å². The highest BCUT2D eigenvalue weighted by Crippen LogP contribution is 2.15. The molecule has 0 saturated heterocycles. The van der Waals surface area contributed by atoms with Gasteiger partial charge in [0, 0.05) is 6.20 Å². The molecule has 0 amide bonds. The molecule has 1 aromatic rings. The zero-order chi connectivity index (χ0) is 8.97. The van der Waals surface area contributed by atoms with Gasteiger partial charge in [-0.2, -0.15) is 8.78 Å². The minimum Gasteiger partial charge on any atom is -0.432 e. The molecule has 0 radical (unpaired) electrons. The smallest absolute Gasteiger partial charge is 0.387 e. The van der Waals surface area contributed by atoms with Crippen LogP contribution in [0.4, 0.5) is 8.78 Å². The van der Waals surface area contributed by atoms with Crippen LogP contribution in [0.15, 0.2) is 18.3 Å². The fraction of sp³-hybridized carbons (Fsp3) is 0.143. The molecule has 5 heteroatoms. The van der Waals surface area contributed by atoms with Crippen molar-refractivity contribution in [3.8, 4) is 5.75 Å². The van der Waals surface area contributed by atoms with E-state index in [9.17, 15) is 13.6 Å².